The maximum absolute atomic E-state index is 11.4. The molecule has 0 aliphatic carbocycles. The first-order valence-electron chi connectivity index (χ1n) is 5.93. The first kappa shape index (κ1) is 12.8. The van der Waals surface area contributed by atoms with E-state index in [0.29, 0.717) is 11.1 Å². The zero-order valence-corrected chi connectivity index (χ0v) is 10.4. The molecule has 2 aromatic carbocycles. The lowest BCUT2D eigenvalue weighted by Gasteiger charge is -2.05. The number of carbonyl (C=O) groups is 1. The van der Waals surface area contributed by atoms with Gasteiger partial charge < -0.3 is 5.11 Å². The fraction of sp³-hybridized carbons (Fsp3) is 0. The van der Waals surface area contributed by atoms with Crippen LogP contribution in [0.25, 0.3) is 11.1 Å². The molecule has 0 aliphatic rings. The molecule has 0 unspecified atom stereocenters. The van der Waals surface area contributed by atoms with Gasteiger partial charge in [0.15, 0.2) is 0 Å². The molecule has 0 saturated heterocycles. The summed E-state index contributed by atoms with van der Waals surface area (Å²) in [6.07, 6.45) is 1.60. The second kappa shape index (κ2) is 5.83. The summed E-state index contributed by atoms with van der Waals surface area (Å²) in [5.74, 6) is -0.955. The van der Waals surface area contributed by atoms with Crippen LogP contribution < -0.4 is 0 Å². The topological polar surface area (TPSA) is 37.3 Å². The Morgan fingerprint density at radius 3 is 1.84 bits per heavy atom. The van der Waals surface area contributed by atoms with Crippen LogP contribution in [0, 0.1) is 0 Å². The quantitative estimate of drug-likeness (QED) is 0.660. The van der Waals surface area contributed by atoms with Gasteiger partial charge in [0.2, 0.25) is 0 Å². The largest absolute Gasteiger partial charge is 0.478 e. The molecule has 2 heteroatoms. The second-order valence-corrected chi connectivity index (χ2v) is 4.12. The van der Waals surface area contributed by atoms with Gasteiger partial charge in [0.25, 0.3) is 0 Å². The Labute approximate surface area is 112 Å². The Morgan fingerprint density at radius 2 is 1.37 bits per heavy atom. The number of benzene rings is 2. The fourth-order valence-corrected chi connectivity index (χ4v) is 1.80. The minimum Gasteiger partial charge on any atom is -0.478 e. The molecule has 0 aromatic heterocycles. The summed E-state index contributed by atoms with van der Waals surface area (Å²) in [6.45, 7) is 3.93. The van der Waals surface area contributed by atoms with Crippen LogP contribution in [0.3, 0.4) is 0 Å². The molecule has 2 rings (SSSR count). The van der Waals surface area contributed by atoms with Gasteiger partial charge in [-0.3, -0.25) is 0 Å². The lowest BCUT2D eigenvalue weighted by molar-refractivity contribution is -0.130. The van der Waals surface area contributed by atoms with Crippen molar-refractivity contribution in [1.29, 1.82) is 0 Å². The number of carboxylic acids is 1. The Bertz CT molecular complexity index is 610. The van der Waals surface area contributed by atoms with Gasteiger partial charge in [0, 0.05) is 0 Å². The van der Waals surface area contributed by atoms with E-state index in [1.54, 1.807) is 18.2 Å². The van der Waals surface area contributed by atoms with Crippen LogP contribution in [0.5, 0.6) is 0 Å². The van der Waals surface area contributed by atoms with Crippen molar-refractivity contribution in [3.8, 4) is 0 Å². The third-order valence-corrected chi connectivity index (χ3v) is 2.78. The maximum Gasteiger partial charge on any atom is 0.336 e. The molecule has 19 heavy (non-hydrogen) atoms. The van der Waals surface area contributed by atoms with Gasteiger partial charge in [-0.15, -0.1) is 0 Å². The first-order valence-corrected chi connectivity index (χ1v) is 5.93. The van der Waals surface area contributed by atoms with Crippen molar-refractivity contribution >= 4 is 17.1 Å². The number of aliphatic carboxylic acids is 1. The van der Waals surface area contributed by atoms with Crippen LogP contribution in [0.1, 0.15) is 11.1 Å². The standard InChI is InChI=1S/C17H14O2/c1-13(14-8-4-2-5-9-14)12-16(17(18)19)15-10-6-3-7-11-15/h2-12H,1H2,(H,18,19)/b16-12+. The summed E-state index contributed by atoms with van der Waals surface area (Å²) in [5.41, 5.74) is 2.51. The summed E-state index contributed by atoms with van der Waals surface area (Å²) in [7, 11) is 0. The molecule has 0 atom stereocenters. The number of hydrogen-bond acceptors (Lipinski definition) is 1. The van der Waals surface area contributed by atoms with Crippen LogP contribution >= 0.6 is 0 Å². The molecule has 0 aliphatic heterocycles. The number of carboxylic acid groups (broad SMARTS) is 1. The van der Waals surface area contributed by atoms with Crippen LogP contribution in [0.15, 0.2) is 73.3 Å². The summed E-state index contributed by atoms with van der Waals surface area (Å²) in [5, 5.41) is 9.31. The second-order valence-electron chi connectivity index (χ2n) is 4.12. The van der Waals surface area contributed by atoms with E-state index >= 15 is 0 Å². The molecule has 94 valence electrons. The molecule has 2 nitrogen and oxygen atoms in total. The van der Waals surface area contributed by atoms with E-state index < -0.39 is 5.97 Å². The van der Waals surface area contributed by atoms with E-state index in [1.165, 1.54) is 0 Å². The summed E-state index contributed by atoms with van der Waals surface area (Å²) >= 11 is 0. The highest BCUT2D eigenvalue weighted by Gasteiger charge is 2.10. The van der Waals surface area contributed by atoms with Gasteiger partial charge in [0.1, 0.15) is 0 Å². The lowest BCUT2D eigenvalue weighted by atomic mass is 10.00. The van der Waals surface area contributed by atoms with Gasteiger partial charge in [-0.05, 0) is 22.8 Å². The van der Waals surface area contributed by atoms with Crippen molar-refractivity contribution in [2.75, 3.05) is 0 Å². The highest BCUT2D eigenvalue weighted by molar-refractivity contribution is 6.17. The zero-order chi connectivity index (χ0) is 13.7. The summed E-state index contributed by atoms with van der Waals surface area (Å²) in [6, 6.07) is 18.6. The highest BCUT2D eigenvalue weighted by atomic mass is 16.4. The molecular weight excluding hydrogens is 236 g/mol. The van der Waals surface area contributed by atoms with E-state index in [1.807, 2.05) is 48.5 Å². The van der Waals surface area contributed by atoms with Crippen LogP contribution in [0.2, 0.25) is 0 Å². The maximum atomic E-state index is 11.4. The van der Waals surface area contributed by atoms with Crippen LogP contribution in [-0.2, 0) is 4.79 Å². The molecule has 0 heterocycles. The summed E-state index contributed by atoms with van der Waals surface area (Å²) < 4.78 is 0. The number of allylic oxidation sites excluding steroid dienone is 2. The van der Waals surface area contributed by atoms with Crippen LogP contribution in [-0.4, -0.2) is 11.1 Å². The lowest BCUT2D eigenvalue weighted by Crippen LogP contribution is -2.00. The molecule has 0 radical (unpaired) electrons. The number of hydrogen-bond donors (Lipinski definition) is 1. The molecule has 0 saturated carbocycles. The highest BCUT2D eigenvalue weighted by Crippen LogP contribution is 2.21. The first-order chi connectivity index (χ1) is 9.18. The fourth-order valence-electron chi connectivity index (χ4n) is 1.80. The van der Waals surface area contributed by atoms with Crippen molar-refractivity contribution in [3.63, 3.8) is 0 Å². The van der Waals surface area contributed by atoms with E-state index in [9.17, 15) is 9.90 Å². The third-order valence-electron chi connectivity index (χ3n) is 2.78. The van der Waals surface area contributed by atoms with Crippen LogP contribution in [0.4, 0.5) is 0 Å². The van der Waals surface area contributed by atoms with Crippen molar-refractivity contribution in [2.45, 2.75) is 0 Å². The summed E-state index contributed by atoms with van der Waals surface area (Å²) in [4.78, 5) is 11.4. The van der Waals surface area contributed by atoms with Gasteiger partial charge in [-0.25, -0.2) is 4.79 Å². The van der Waals surface area contributed by atoms with Gasteiger partial charge >= 0.3 is 5.97 Å². The SMILES string of the molecule is C=C(/C=C(/C(=O)O)c1ccccc1)c1ccccc1. The molecule has 0 amide bonds. The van der Waals surface area contributed by atoms with E-state index in [-0.39, 0.29) is 5.57 Å². The molecule has 0 bridgehead atoms. The molecule has 2 aromatic rings. The van der Waals surface area contributed by atoms with Crippen molar-refractivity contribution < 1.29 is 9.90 Å². The predicted molar refractivity (Wildman–Crippen MR) is 77.5 cm³/mol. The average molecular weight is 250 g/mol. The molecule has 1 N–H and O–H groups in total. The smallest absolute Gasteiger partial charge is 0.336 e. The average Bonchev–Trinajstić information content (AvgIpc) is 2.46. The van der Waals surface area contributed by atoms with Gasteiger partial charge in [-0.2, -0.15) is 0 Å². The Morgan fingerprint density at radius 1 is 0.895 bits per heavy atom. The Hall–Kier alpha value is -2.61. The van der Waals surface area contributed by atoms with Gasteiger partial charge in [-0.1, -0.05) is 67.2 Å². The molecular formula is C17H14O2. The normalized spacial score (nSPS) is 11.1. The van der Waals surface area contributed by atoms with E-state index in [2.05, 4.69) is 6.58 Å². The van der Waals surface area contributed by atoms with Crippen molar-refractivity contribution in [2.24, 2.45) is 0 Å². The molecule has 0 spiro atoms. The predicted octanol–water partition coefficient (Wildman–Crippen LogP) is 3.87. The van der Waals surface area contributed by atoms with Gasteiger partial charge in [0.05, 0.1) is 5.57 Å². The minimum atomic E-state index is -0.955. The van der Waals surface area contributed by atoms with Crippen molar-refractivity contribution in [3.05, 3.63) is 84.4 Å². The Balaban J connectivity index is 2.38. The number of rotatable bonds is 4. The molecule has 0 fully saturated rings. The minimum absolute atomic E-state index is 0.245. The van der Waals surface area contributed by atoms with E-state index in [4.69, 9.17) is 0 Å². The monoisotopic (exact) mass is 250 g/mol. The Kier molecular flexibility index (Phi) is 3.94. The third kappa shape index (κ3) is 3.19. The van der Waals surface area contributed by atoms with E-state index in [0.717, 1.165) is 5.56 Å². The zero-order valence-electron chi connectivity index (χ0n) is 10.4. The van der Waals surface area contributed by atoms with Crippen molar-refractivity contribution in [1.82, 2.24) is 0 Å².